The predicted molar refractivity (Wildman–Crippen MR) is 77.1 cm³/mol. The van der Waals surface area contributed by atoms with Crippen molar-refractivity contribution in [1.82, 2.24) is 9.13 Å². The maximum absolute atomic E-state index is 12.6. The second-order valence-electron chi connectivity index (χ2n) is 5.64. The molecule has 106 valence electrons. The molecule has 0 amide bonds. The standard InChI is InChI=1S/C14H23N3O2/c1-10-12(15(2)3)13(18)17(14(19)16(10)4)11-8-6-5-7-9-11/h11H,5-9H2,1-4H3. The molecule has 0 N–H and O–H groups in total. The van der Waals surface area contributed by atoms with E-state index in [0.717, 1.165) is 31.4 Å². The van der Waals surface area contributed by atoms with Gasteiger partial charge in [0.2, 0.25) is 0 Å². The van der Waals surface area contributed by atoms with Gasteiger partial charge in [0.1, 0.15) is 5.69 Å². The smallest absolute Gasteiger partial charge is 0.331 e. The second kappa shape index (κ2) is 5.23. The molecule has 1 aliphatic rings. The van der Waals surface area contributed by atoms with E-state index < -0.39 is 0 Å². The van der Waals surface area contributed by atoms with E-state index in [1.165, 1.54) is 11.0 Å². The van der Waals surface area contributed by atoms with Gasteiger partial charge >= 0.3 is 5.69 Å². The Morgan fingerprint density at radius 2 is 1.68 bits per heavy atom. The SMILES string of the molecule is Cc1c(N(C)C)c(=O)n(C2CCCCC2)c(=O)n1C. The Labute approximate surface area is 113 Å². The van der Waals surface area contributed by atoms with Gasteiger partial charge in [0.25, 0.3) is 5.56 Å². The van der Waals surface area contributed by atoms with E-state index in [4.69, 9.17) is 0 Å². The van der Waals surface area contributed by atoms with Gasteiger partial charge < -0.3 is 4.90 Å². The van der Waals surface area contributed by atoms with Gasteiger partial charge in [-0.05, 0) is 19.8 Å². The van der Waals surface area contributed by atoms with Gasteiger partial charge in [-0.2, -0.15) is 0 Å². The van der Waals surface area contributed by atoms with E-state index in [-0.39, 0.29) is 17.3 Å². The van der Waals surface area contributed by atoms with Crippen molar-refractivity contribution < 1.29 is 0 Å². The molecule has 0 aromatic carbocycles. The Hall–Kier alpha value is -1.52. The van der Waals surface area contributed by atoms with Crippen LogP contribution in [0.5, 0.6) is 0 Å². The van der Waals surface area contributed by atoms with Crippen molar-refractivity contribution in [3.63, 3.8) is 0 Å². The van der Waals surface area contributed by atoms with Crippen molar-refractivity contribution >= 4 is 5.69 Å². The summed E-state index contributed by atoms with van der Waals surface area (Å²) in [6.45, 7) is 1.82. The van der Waals surface area contributed by atoms with Crippen LogP contribution in [0, 0.1) is 6.92 Å². The highest BCUT2D eigenvalue weighted by Crippen LogP contribution is 2.26. The molecule has 0 saturated heterocycles. The van der Waals surface area contributed by atoms with Crippen LogP contribution in [0.1, 0.15) is 43.8 Å². The zero-order valence-electron chi connectivity index (χ0n) is 12.3. The summed E-state index contributed by atoms with van der Waals surface area (Å²) < 4.78 is 3.06. The third-order valence-corrected chi connectivity index (χ3v) is 4.15. The summed E-state index contributed by atoms with van der Waals surface area (Å²) in [5.41, 5.74) is 1.03. The molecular formula is C14H23N3O2. The number of aromatic nitrogens is 2. The number of hydrogen-bond donors (Lipinski definition) is 0. The van der Waals surface area contributed by atoms with E-state index in [0.29, 0.717) is 5.69 Å². The van der Waals surface area contributed by atoms with Crippen LogP contribution in [0.15, 0.2) is 9.59 Å². The molecule has 1 aromatic rings. The third-order valence-electron chi connectivity index (χ3n) is 4.15. The lowest BCUT2D eigenvalue weighted by atomic mass is 9.95. The van der Waals surface area contributed by atoms with E-state index in [9.17, 15) is 9.59 Å². The van der Waals surface area contributed by atoms with Crippen LogP contribution in [-0.2, 0) is 7.05 Å². The average molecular weight is 265 g/mol. The average Bonchev–Trinajstić information content (AvgIpc) is 2.37. The molecule has 0 radical (unpaired) electrons. The number of anilines is 1. The minimum absolute atomic E-state index is 0.0687. The molecule has 0 unspecified atom stereocenters. The lowest BCUT2D eigenvalue weighted by Crippen LogP contribution is -2.45. The first-order valence-electron chi connectivity index (χ1n) is 6.94. The molecular weight excluding hydrogens is 242 g/mol. The highest BCUT2D eigenvalue weighted by molar-refractivity contribution is 5.47. The Bertz CT molecular complexity index is 578. The Balaban J connectivity index is 2.66. The zero-order chi connectivity index (χ0) is 14.2. The van der Waals surface area contributed by atoms with Crippen LogP contribution in [0.25, 0.3) is 0 Å². The quantitative estimate of drug-likeness (QED) is 0.812. The Morgan fingerprint density at radius 1 is 1.11 bits per heavy atom. The fourth-order valence-electron chi connectivity index (χ4n) is 3.00. The molecule has 1 saturated carbocycles. The first-order valence-corrected chi connectivity index (χ1v) is 6.94. The lowest BCUT2D eigenvalue weighted by Gasteiger charge is -2.26. The molecule has 1 heterocycles. The maximum Gasteiger partial charge on any atom is 0.331 e. The van der Waals surface area contributed by atoms with Crippen molar-refractivity contribution in [3.8, 4) is 0 Å². The number of rotatable bonds is 2. The van der Waals surface area contributed by atoms with E-state index >= 15 is 0 Å². The molecule has 0 bridgehead atoms. The van der Waals surface area contributed by atoms with Gasteiger partial charge in [0, 0.05) is 32.9 Å². The summed E-state index contributed by atoms with van der Waals surface area (Å²) in [4.78, 5) is 26.8. The molecule has 5 nitrogen and oxygen atoms in total. The van der Waals surface area contributed by atoms with Crippen LogP contribution in [0.2, 0.25) is 0 Å². The third kappa shape index (κ3) is 2.33. The first kappa shape index (κ1) is 13.9. The summed E-state index contributed by atoms with van der Waals surface area (Å²) in [6.07, 6.45) is 5.28. The number of hydrogen-bond acceptors (Lipinski definition) is 3. The monoisotopic (exact) mass is 265 g/mol. The molecule has 5 heteroatoms. The van der Waals surface area contributed by atoms with Gasteiger partial charge in [-0.3, -0.25) is 13.9 Å². The summed E-state index contributed by atoms with van der Waals surface area (Å²) in [5, 5.41) is 0. The molecule has 1 aromatic heterocycles. The fraction of sp³-hybridized carbons (Fsp3) is 0.714. The van der Waals surface area contributed by atoms with E-state index in [1.54, 1.807) is 16.5 Å². The topological polar surface area (TPSA) is 47.2 Å². The van der Waals surface area contributed by atoms with Crippen molar-refractivity contribution in [2.45, 2.75) is 45.1 Å². The highest BCUT2D eigenvalue weighted by Gasteiger charge is 2.23. The van der Waals surface area contributed by atoms with Crippen LogP contribution < -0.4 is 16.1 Å². The Morgan fingerprint density at radius 3 is 2.21 bits per heavy atom. The predicted octanol–water partition coefficient (Wildman–Crippen LogP) is 1.43. The van der Waals surface area contributed by atoms with Crippen molar-refractivity contribution in [2.75, 3.05) is 19.0 Å². The maximum atomic E-state index is 12.6. The van der Waals surface area contributed by atoms with Gasteiger partial charge in [0.15, 0.2) is 0 Å². The lowest BCUT2D eigenvalue weighted by molar-refractivity contribution is 0.331. The van der Waals surface area contributed by atoms with Crippen LogP contribution in [0.4, 0.5) is 5.69 Å². The normalized spacial score (nSPS) is 16.6. The molecule has 1 aliphatic carbocycles. The van der Waals surface area contributed by atoms with Gasteiger partial charge in [-0.25, -0.2) is 4.79 Å². The summed E-state index contributed by atoms with van der Waals surface area (Å²) in [5.74, 6) is 0. The summed E-state index contributed by atoms with van der Waals surface area (Å²) in [7, 11) is 5.43. The van der Waals surface area contributed by atoms with Gasteiger partial charge in [-0.15, -0.1) is 0 Å². The zero-order valence-corrected chi connectivity index (χ0v) is 12.3. The van der Waals surface area contributed by atoms with Crippen LogP contribution in [-0.4, -0.2) is 23.2 Å². The minimum atomic E-state index is -0.181. The molecule has 2 rings (SSSR count). The van der Waals surface area contributed by atoms with Gasteiger partial charge in [0.05, 0.1) is 0 Å². The Kier molecular flexibility index (Phi) is 3.83. The largest absolute Gasteiger partial charge is 0.372 e. The summed E-state index contributed by atoms with van der Waals surface area (Å²) >= 11 is 0. The molecule has 0 spiro atoms. The first-order chi connectivity index (χ1) is 8.95. The second-order valence-corrected chi connectivity index (χ2v) is 5.64. The van der Waals surface area contributed by atoms with Crippen LogP contribution in [0.3, 0.4) is 0 Å². The fourth-order valence-corrected chi connectivity index (χ4v) is 3.00. The van der Waals surface area contributed by atoms with E-state index in [2.05, 4.69) is 0 Å². The van der Waals surface area contributed by atoms with Gasteiger partial charge in [-0.1, -0.05) is 19.3 Å². The van der Waals surface area contributed by atoms with E-state index in [1.807, 2.05) is 21.0 Å². The highest BCUT2D eigenvalue weighted by atomic mass is 16.2. The molecule has 19 heavy (non-hydrogen) atoms. The summed E-state index contributed by atoms with van der Waals surface area (Å²) in [6, 6.07) is 0.0687. The van der Waals surface area contributed by atoms with Crippen molar-refractivity contribution in [3.05, 3.63) is 26.5 Å². The van der Waals surface area contributed by atoms with Crippen molar-refractivity contribution in [2.24, 2.45) is 7.05 Å². The minimum Gasteiger partial charge on any atom is -0.372 e. The molecule has 1 fully saturated rings. The number of nitrogens with zero attached hydrogens (tertiary/aromatic N) is 3. The molecule has 0 aliphatic heterocycles. The van der Waals surface area contributed by atoms with Crippen molar-refractivity contribution in [1.29, 1.82) is 0 Å². The molecule has 0 atom stereocenters. The van der Waals surface area contributed by atoms with Crippen LogP contribution >= 0.6 is 0 Å².